The van der Waals surface area contributed by atoms with Crippen molar-refractivity contribution in [3.8, 4) is 0 Å². The Labute approximate surface area is 343 Å². The molecule has 300 valence electrons. The van der Waals surface area contributed by atoms with Gasteiger partial charge in [-0.15, -0.1) is 4.33 Å². The Hall–Kier alpha value is -3.82. The van der Waals surface area contributed by atoms with E-state index >= 15 is 0 Å². The number of allylic oxidation sites excluding steroid dienone is 8. The molecule has 4 aromatic rings. The van der Waals surface area contributed by atoms with Crippen LogP contribution in [0.5, 0.6) is 0 Å². The highest BCUT2D eigenvalue weighted by atomic mass is 35.5. The quantitative estimate of drug-likeness (QED) is 0.0218. The summed E-state index contributed by atoms with van der Waals surface area (Å²) in [5, 5.41) is 19.0. The van der Waals surface area contributed by atoms with Crippen molar-refractivity contribution < 1.29 is 40.5 Å². The van der Waals surface area contributed by atoms with E-state index in [0.717, 1.165) is 69.0 Å². The van der Waals surface area contributed by atoms with E-state index in [4.69, 9.17) is 15.8 Å². The van der Waals surface area contributed by atoms with Crippen LogP contribution in [-0.2, 0) is 39.0 Å². The number of fused-ring (bicyclic) bond motifs is 6. The zero-order valence-electron chi connectivity index (χ0n) is 32.5. The average molecular weight is 830 g/mol. The van der Waals surface area contributed by atoms with E-state index in [0.29, 0.717) is 44.9 Å². The van der Waals surface area contributed by atoms with Crippen LogP contribution in [-0.4, -0.2) is 49.6 Å². The van der Waals surface area contributed by atoms with Gasteiger partial charge in [0.1, 0.15) is 0 Å². The zero-order chi connectivity index (χ0) is 40.4. The second kappa shape index (κ2) is 17.2. The molecule has 0 N–H and O–H groups in total. The lowest BCUT2D eigenvalue weighted by molar-refractivity contribution is -0.777. The first-order valence-corrected chi connectivity index (χ1v) is 21.5. The van der Waals surface area contributed by atoms with Gasteiger partial charge < -0.3 is 14.7 Å². The molecule has 2 aliphatic heterocycles. The first kappa shape index (κ1) is 41.3. The number of halogens is 1. The first-order chi connectivity index (χ1) is 27.3. The lowest BCUT2D eigenvalue weighted by atomic mass is 9.78. The molecule has 13 heteroatoms. The molecule has 0 aromatic heterocycles. The Morgan fingerprint density at radius 3 is 2.28 bits per heavy atom. The molecule has 57 heavy (non-hydrogen) atoms. The van der Waals surface area contributed by atoms with Crippen LogP contribution in [0.3, 0.4) is 0 Å². The summed E-state index contributed by atoms with van der Waals surface area (Å²) in [5.41, 5.74) is 8.29. The summed E-state index contributed by atoms with van der Waals surface area (Å²) in [4.78, 5) is 2.21. The van der Waals surface area contributed by atoms with Crippen LogP contribution < -0.4 is 10.2 Å². The van der Waals surface area contributed by atoms with E-state index in [2.05, 4.69) is 136 Å². The van der Waals surface area contributed by atoms with Crippen molar-refractivity contribution in [3.63, 3.8) is 0 Å². The predicted molar refractivity (Wildman–Crippen MR) is 224 cm³/mol. The third-order valence-electron chi connectivity index (χ3n) is 11.3. The van der Waals surface area contributed by atoms with E-state index in [1.807, 2.05) is 12.1 Å². The highest BCUT2D eigenvalue weighted by Crippen LogP contribution is 2.51. The van der Waals surface area contributed by atoms with Gasteiger partial charge in [-0.1, -0.05) is 92.2 Å². The molecule has 0 saturated carbocycles. The first-order valence-electron chi connectivity index (χ1n) is 19.1. The fourth-order valence-electron chi connectivity index (χ4n) is 8.85. The minimum Gasteiger partial charge on any atom is -0.726 e. The smallest absolute Gasteiger partial charge is 0.217 e. The van der Waals surface area contributed by atoms with Crippen molar-refractivity contribution in [2.45, 2.75) is 70.6 Å². The number of nitrogens with zero attached hydrogens (tertiary/aromatic N) is 2. The number of rotatable bonds is 15. The fraction of sp³-hybridized carbons (Fsp3) is 0.341. The third kappa shape index (κ3) is 8.52. The molecule has 0 bridgehead atoms. The minimum absolute atomic E-state index is 0.196. The molecule has 0 atom stereocenters. The molecule has 10 nitrogen and oxygen atoms in total. The van der Waals surface area contributed by atoms with Crippen molar-refractivity contribution in [3.05, 3.63) is 130 Å². The van der Waals surface area contributed by atoms with Gasteiger partial charge in [-0.05, 0) is 96.0 Å². The summed E-state index contributed by atoms with van der Waals surface area (Å²) in [6, 6.07) is 25.4. The Morgan fingerprint density at radius 1 is 0.860 bits per heavy atom. The van der Waals surface area contributed by atoms with Crippen LogP contribution in [0.2, 0.25) is 0 Å². The summed E-state index contributed by atoms with van der Waals surface area (Å²) in [6.45, 7) is 10.3. The molecule has 0 unspecified atom stereocenters. The van der Waals surface area contributed by atoms with Crippen LogP contribution in [0.1, 0.15) is 70.9 Å². The maximum atomic E-state index is 11.2. The van der Waals surface area contributed by atoms with Gasteiger partial charge in [0.15, 0.2) is 24.6 Å². The largest absolute Gasteiger partial charge is 0.726 e. The van der Waals surface area contributed by atoms with Crippen LogP contribution in [0.15, 0.2) is 119 Å². The molecule has 1 aliphatic carbocycles. The summed E-state index contributed by atoms with van der Waals surface area (Å²) in [5.74, 6) is 0. The second-order valence-corrected chi connectivity index (χ2v) is 17.5. The minimum atomic E-state index is -4.78. The van der Waals surface area contributed by atoms with Gasteiger partial charge >= 0.3 is 0 Å². The zero-order valence-corrected chi connectivity index (χ0v) is 34.8. The molecule has 0 radical (unpaired) electrons. The van der Waals surface area contributed by atoms with Gasteiger partial charge in [-0.3, -0.25) is 13.4 Å². The van der Waals surface area contributed by atoms with Gasteiger partial charge in [0.05, 0.1) is 18.6 Å². The molecule has 3 aliphatic rings. The van der Waals surface area contributed by atoms with Gasteiger partial charge in [0.2, 0.25) is 16.1 Å². The van der Waals surface area contributed by atoms with Gasteiger partial charge in [-0.25, -0.2) is 8.42 Å². The number of hydrogen-bond acceptors (Lipinski definition) is 10. The molecule has 0 fully saturated rings. The van der Waals surface area contributed by atoms with Gasteiger partial charge in [0.25, 0.3) is 0 Å². The second-order valence-electron chi connectivity index (χ2n) is 15.5. The third-order valence-corrected chi connectivity index (χ3v) is 12.6. The van der Waals surface area contributed by atoms with Crippen LogP contribution in [0.25, 0.3) is 21.5 Å². The Balaban J connectivity index is 1.22. The molecule has 4 aromatic carbocycles. The van der Waals surface area contributed by atoms with Crippen molar-refractivity contribution in [2.75, 3.05) is 31.2 Å². The maximum Gasteiger partial charge on any atom is 0.217 e. The Morgan fingerprint density at radius 2 is 1.56 bits per heavy atom. The molecule has 0 saturated heterocycles. The molecule has 0 spiro atoms. The topological polar surface area (TPSA) is 123 Å². The van der Waals surface area contributed by atoms with Crippen molar-refractivity contribution >= 4 is 73.0 Å². The van der Waals surface area contributed by atoms with Gasteiger partial charge in [-0.2, -0.15) is 4.58 Å². The summed E-state index contributed by atoms with van der Waals surface area (Å²) < 4.78 is 50.0. The van der Waals surface area contributed by atoms with Crippen molar-refractivity contribution in [2.24, 2.45) is 0 Å². The standard InChI is InChI=1S/C44H47ClN2O8S2/c1-43(2)38(46(26-10-28-52-56-55-54-48)36-22-18-30-12-5-7-16-34(30)40(36)43)24-20-32-14-9-15-33(42(32)45)21-25-39-44(3,4)41-35-17-8-6-13-31(35)19-23-37(41)47(39)27-11-29-53-57(49,50)51/h5-8,12-13,16-25H,9-11,14-15,26-29H2,1-4H3,(H-,48,49,50,51)/p-1. The normalized spacial score (nSPS) is 19.2. The summed E-state index contributed by atoms with van der Waals surface area (Å²) in [7, 11) is -4.78. The van der Waals surface area contributed by atoms with E-state index in [1.54, 1.807) is 0 Å². The van der Waals surface area contributed by atoms with E-state index in [1.165, 1.54) is 21.9 Å². The maximum absolute atomic E-state index is 11.2. The molecule has 7 rings (SSSR count). The Bertz CT molecular complexity index is 2450. The lowest BCUT2D eigenvalue weighted by Gasteiger charge is -2.27. The summed E-state index contributed by atoms with van der Waals surface area (Å²) >= 11 is 7.81. The monoisotopic (exact) mass is 829 g/mol. The molecular weight excluding hydrogens is 784 g/mol. The SMILES string of the molecule is CC1(C)C(/C=C/C2=C(Cl)C(=C/C=C3/N(CCCOS(=O)(=O)[O-])c4ccc5ccccc5c4C3(C)C)/CCC2)=[N+](CCCOSOO[O-])c2ccc3ccccc3c21. The highest BCUT2D eigenvalue weighted by Gasteiger charge is 2.45. The predicted octanol–water partition coefficient (Wildman–Crippen LogP) is 9.27. The summed E-state index contributed by atoms with van der Waals surface area (Å²) in [6.07, 6.45) is 12.3. The fourth-order valence-corrected chi connectivity index (χ4v) is 9.73. The number of hydrogen-bond donors (Lipinski definition) is 0. The number of anilines is 1. The van der Waals surface area contributed by atoms with Gasteiger partial charge in [0, 0.05) is 52.5 Å². The van der Waals surface area contributed by atoms with E-state index in [9.17, 15) is 18.2 Å². The number of benzene rings is 4. The lowest BCUT2D eigenvalue weighted by Crippen LogP contribution is -2.28. The molecular formula is C44H46ClN2O8S2-. The molecule has 2 heterocycles. The van der Waals surface area contributed by atoms with Crippen molar-refractivity contribution in [1.29, 1.82) is 0 Å². The average Bonchev–Trinajstić information content (AvgIpc) is 3.54. The van der Waals surface area contributed by atoms with Crippen LogP contribution in [0, 0.1) is 0 Å². The molecule has 0 amide bonds. The highest BCUT2D eigenvalue weighted by molar-refractivity contribution is 7.89. The van der Waals surface area contributed by atoms with Crippen LogP contribution in [0.4, 0.5) is 11.4 Å². The van der Waals surface area contributed by atoms with Crippen LogP contribution >= 0.6 is 23.9 Å². The van der Waals surface area contributed by atoms with E-state index in [-0.39, 0.29) is 17.4 Å². The Kier molecular flexibility index (Phi) is 12.5. The van der Waals surface area contributed by atoms with Crippen molar-refractivity contribution in [1.82, 2.24) is 0 Å². The van der Waals surface area contributed by atoms with E-state index < -0.39 is 10.4 Å².